The quantitative estimate of drug-likeness (QED) is 0.364. The van der Waals surface area contributed by atoms with Crippen molar-refractivity contribution in [3.8, 4) is 0 Å². The zero-order chi connectivity index (χ0) is 21.0. The van der Waals surface area contributed by atoms with Crippen LogP contribution in [0.4, 0.5) is 5.13 Å². The number of halogens is 2. The number of hydrogen-bond acceptors (Lipinski definition) is 5. The van der Waals surface area contributed by atoms with Gasteiger partial charge in [-0.25, -0.2) is 4.98 Å². The van der Waals surface area contributed by atoms with Gasteiger partial charge in [0.2, 0.25) is 5.91 Å². The summed E-state index contributed by atoms with van der Waals surface area (Å²) in [6.07, 6.45) is 0.901. The molecule has 30 heavy (non-hydrogen) atoms. The Labute approximate surface area is 198 Å². The lowest BCUT2D eigenvalue weighted by Gasteiger charge is -2.21. The summed E-state index contributed by atoms with van der Waals surface area (Å²) in [4.78, 5) is 22.9. The molecule has 4 nitrogen and oxygen atoms in total. The first-order valence-corrected chi connectivity index (χ1v) is 11.7. The first-order valence-electron chi connectivity index (χ1n) is 9.55. The third kappa shape index (κ3) is 6.59. The molecule has 0 aliphatic rings. The van der Waals surface area contributed by atoms with Gasteiger partial charge in [0, 0.05) is 16.5 Å². The third-order valence-electron chi connectivity index (χ3n) is 4.50. The van der Waals surface area contributed by atoms with Crippen molar-refractivity contribution in [2.45, 2.75) is 25.2 Å². The lowest BCUT2D eigenvalue weighted by molar-refractivity contribution is -0.116. The van der Waals surface area contributed by atoms with Gasteiger partial charge in [-0.15, -0.1) is 24.2 Å². The Kier molecular flexibility index (Phi) is 9.44. The standard InChI is InChI=1S/C22H26ClN3OS2.ClH/c1-15-12-16(2)21-19(13-15)24-22(29-21)26(11-5-10-25(3)4)20(27)14-28-18-8-6-17(23)7-9-18;/h6-9,12-13H,5,10-11,14H2,1-4H3;1H. The Morgan fingerprint density at radius 1 is 1.13 bits per heavy atom. The third-order valence-corrected chi connectivity index (χ3v) is 6.98. The van der Waals surface area contributed by atoms with Gasteiger partial charge in [-0.05, 0) is 82.4 Å². The molecule has 0 atom stereocenters. The van der Waals surface area contributed by atoms with Gasteiger partial charge in [0.05, 0.1) is 16.0 Å². The zero-order valence-corrected chi connectivity index (χ0v) is 20.9. The number of anilines is 1. The van der Waals surface area contributed by atoms with Crippen LogP contribution >= 0.6 is 47.1 Å². The van der Waals surface area contributed by atoms with Crippen molar-refractivity contribution in [2.75, 3.05) is 37.8 Å². The fraction of sp³-hybridized carbons (Fsp3) is 0.364. The Hall–Kier alpha value is -1.31. The molecule has 0 fully saturated rings. The zero-order valence-electron chi connectivity index (χ0n) is 17.6. The van der Waals surface area contributed by atoms with Crippen molar-refractivity contribution in [2.24, 2.45) is 0 Å². The normalized spacial score (nSPS) is 11.0. The van der Waals surface area contributed by atoms with Crippen LogP contribution in [0.2, 0.25) is 5.02 Å². The number of carbonyl (C=O) groups excluding carboxylic acids is 1. The highest BCUT2D eigenvalue weighted by Gasteiger charge is 2.20. The van der Waals surface area contributed by atoms with E-state index >= 15 is 0 Å². The summed E-state index contributed by atoms with van der Waals surface area (Å²) in [6, 6.07) is 11.8. The van der Waals surface area contributed by atoms with Crippen LogP contribution in [0.25, 0.3) is 10.2 Å². The van der Waals surface area contributed by atoms with E-state index in [-0.39, 0.29) is 18.3 Å². The number of carbonyl (C=O) groups is 1. The van der Waals surface area contributed by atoms with E-state index in [1.54, 1.807) is 11.3 Å². The van der Waals surface area contributed by atoms with Crippen LogP contribution in [-0.4, -0.2) is 48.7 Å². The van der Waals surface area contributed by atoms with Crippen molar-refractivity contribution in [1.82, 2.24) is 9.88 Å². The number of rotatable bonds is 8. The first-order chi connectivity index (χ1) is 13.8. The van der Waals surface area contributed by atoms with Crippen molar-refractivity contribution in [3.63, 3.8) is 0 Å². The summed E-state index contributed by atoms with van der Waals surface area (Å²) in [5.74, 6) is 0.453. The predicted molar refractivity (Wildman–Crippen MR) is 134 cm³/mol. The SMILES string of the molecule is Cc1cc(C)c2sc(N(CCCN(C)C)C(=O)CSc3ccc(Cl)cc3)nc2c1.Cl. The number of aromatic nitrogens is 1. The molecule has 0 unspecified atom stereocenters. The second-order valence-electron chi connectivity index (χ2n) is 7.37. The lowest BCUT2D eigenvalue weighted by Crippen LogP contribution is -2.34. The van der Waals surface area contributed by atoms with Gasteiger partial charge < -0.3 is 4.90 Å². The summed E-state index contributed by atoms with van der Waals surface area (Å²) < 4.78 is 1.15. The van der Waals surface area contributed by atoms with Crippen LogP contribution in [0.5, 0.6) is 0 Å². The fourth-order valence-electron chi connectivity index (χ4n) is 3.11. The highest BCUT2D eigenvalue weighted by atomic mass is 35.5. The maximum absolute atomic E-state index is 13.1. The number of thioether (sulfide) groups is 1. The molecule has 0 saturated heterocycles. The fourth-order valence-corrected chi connectivity index (χ4v) is 5.07. The number of amides is 1. The van der Waals surface area contributed by atoms with Crippen molar-refractivity contribution >= 4 is 68.4 Å². The molecule has 1 amide bonds. The Bertz CT molecular complexity index is 990. The molecule has 162 valence electrons. The van der Waals surface area contributed by atoms with Gasteiger partial charge in [-0.2, -0.15) is 0 Å². The molecule has 0 aliphatic carbocycles. The van der Waals surface area contributed by atoms with E-state index in [2.05, 4.69) is 30.9 Å². The summed E-state index contributed by atoms with van der Waals surface area (Å²) in [5.41, 5.74) is 3.37. The maximum atomic E-state index is 13.1. The molecule has 2 aromatic carbocycles. The van der Waals surface area contributed by atoms with Gasteiger partial charge in [0.15, 0.2) is 5.13 Å². The Morgan fingerprint density at radius 2 is 1.83 bits per heavy atom. The van der Waals surface area contributed by atoms with Gasteiger partial charge in [-0.3, -0.25) is 9.69 Å². The predicted octanol–water partition coefficient (Wildman–Crippen LogP) is 6.07. The second kappa shape index (κ2) is 11.3. The van der Waals surface area contributed by atoms with Crippen molar-refractivity contribution < 1.29 is 4.79 Å². The largest absolute Gasteiger partial charge is 0.309 e. The molecule has 3 rings (SSSR count). The number of benzene rings is 2. The van der Waals surface area contributed by atoms with E-state index in [9.17, 15) is 4.79 Å². The van der Waals surface area contributed by atoms with E-state index in [1.807, 2.05) is 43.3 Å². The number of nitrogens with zero attached hydrogens (tertiary/aromatic N) is 3. The molecule has 0 aliphatic heterocycles. The molecule has 3 aromatic rings. The minimum Gasteiger partial charge on any atom is -0.309 e. The first kappa shape index (κ1) is 25.0. The second-order valence-corrected chi connectivity index (χ2v) is 9.83. The Balaban J connectivity index is 0.00000320. The van der Waals surface area contributed by atoms with Gasteiger partial charge >= 0.3 is 0 Å². The number of fused-ring (bicyclic) bond motifs is 1. The molecular weight excluding hydrogens is 457 g/mol. The molecule has 8 heteroatoms. The van der Waals surface area contributed by atoms with Gasteiger partial charge in [0.1, 0.15) is 0 Å². The van der Waals surface area contributed by atoms with E-state index in [0.29, 0.717) is 17.3 Å². The average molecular weight is 485 g/mol. The minimum absolute atomic E-state index is 0. The van der Waals surface area contributed by atoms with Crippen LogP contribution in [0.1, 0.15) is 17.5 Å². The summed E-state index contributed by atoms with van der Waals surface area (Å²) >= 11 is 9.09. The van der Waals surface area contributed by atoms with Crippen LogP contribution in [0, 0.1) is 13.8 Å². The number of aryl methyl sites for hydroxylation is 2. The molecule has 0 saturated carbocycles. The van der Waals surface area contributed by atoms with Crippen LogP contribution in [-0.2, 0) is 4.79 Å². The summed E-state index contributed by atoms with van der Waals surface area (Å²) in [5, 5.41) is 1.49. The topological polar surface area (TPSA) is 36.4 Å². The highest BCUT2D eigenvalue weighted by Crippen LogP contribution is 2.33. The number of hydrogen-bond donors (Lipinski definition) is 0. The molecule has 0 spiro atoms. The van der Waals surface area contributed by atoms with E-state index < -0.39 is 0 Å². The van der Waals surface area contributed by atoms with E-state index in [1.165, 1.54) is 22.9 Å². The van der Waals surface area contributed by atoms with Crippen molar-refractivity contribution in [1.29, 1.82) is 0 Å². The highest BCUT2D eigenvalue weighted by molar-refractivity contribution is 8.00. The molecule has 1 aromatic heterocycles. The van der Waals surface area contributed by atoms with E-state index in [4.69, 9.17) is 16.6 Å². The van der Waals surface area contributed by atoms with Gasteiger partial charge in [-0.1, -0.05) is 29.0 Å². The lowest BCUT2D eigenvalue weighted by atomic mass is 10.1. The van der Waals surface area contributed by atoms with Crippen molar-refractivity contribution in [3.05, 3.63) is 52.5 Å². The van der Waals surface area contributed by atoms with Crippen LogP contribution in [0.15, 0.2) is 41.3 Å². The Morgan fingerprint density at radius 3 is 2.50 bits per heavy atom. The number of thiazole rings is 1. The summed E-state index contributed by atoms with van der Waals surface area (Å²) in [7, 11) is 4.10. The minimum atomic E-state index is 0. The molecule has 0 N–H and O–H groups in total. The average Bonchev–Trinajstić information content (AvgIpc) is 3.08. The van der Waals surface area contributed by atoms with E-state index in [0.717, 1.165) is 33.2 Å². The molecular formula is C22H27Cl2N3OS2. The molecule has 0 bridgehead atoms. The molecule has 1 heterocycles. The summed E-state index contributed by atoms with van der Waals surface area (Å²) in [6.45, 7) is 5.77. The monoisotopic (exact) mass is 483 g/mol. The van der Waals surface area contributed by atoms with Crippen LogP contribution in [0.3, 0.4) is 0 Å². The van der Waals surface area contributed by atoms with Crippen LogP contribution < -0.4 is 4.90 Å². The molecule has 0 radical (unpaired) electrons. The smallest absolute Gasteiger partial charge is 0.239 e. The van der Waals surface area contributed by atoms with Gasteiger partial charge in [0.25, 0.3) is 0 Å². The maximum Gasteiger partial charge on any atom is 0.239 e.